The van der Waals surface area contributed by atoms with Gasteiger partial charge in [0.25, 0.3) is 0 Å². The zero-order chi connectivity index (χ0) is 17.8. The van der Waals surface area contributed by atoms with Gasteiger partial charge in [0.05, 0.1) is 24.2 Å². The number of benzene rings is 1. The number of halogens is 1. The van der Waals surface area contributed by atoms with Crippen molar-refractivity contribution in [3.05, 3.63) is 28.7 Å². The molecule has 0 heterocycles. The van der Waals surface area contributed by atoms with Crippen LogP contribution in [-0.2, 0) is 9.53 Å². The van der Waals surface area contributed by atoms with E-state index in [-0.39, 0.29) is 18.6 Å². The van der Waals surface area contributed by atoms with Crippen molar-refractivity contribution in [2.24, 2.45) is 4.99 Å². The number of aliphatic imine (C=N–C) groups is 1. The van der Waals surface area contributed by atoms with E-state index in [1.54, 1.807) is 14.2 Å². The highest BCUT2D eigenvalue weighted by molar-refractivity contribution is 9.10. The van der Waals surface area contributed by atoms with Crippen LogP contribution in [0.5, 0.6) is 5.75 Å². The first kappa shape index (κ1) is 20.2. The van der Waals surface area contributed by atoms with Crippen LogP contribution in [0.15, 0.2) is 33.7 Å². The maximum Gasteiger partial charge on any atom is 0.239 e. The van der Waals surface area contributed by atoms with Crippen molar-refractivity contribution in [1.29, 1.82) is 0 Å². The molecule has 3 N–H and O–H groups in total. The molecule has 134 valence electrons. The van der Waals surface area contributed by atoms with Crippen molar-refractivity contribution in [1.82, 2.24) is 16.0 Å². The summed E-state index contributed by atoms with van der Waals surface area (Å²) in [5.41, 5.74) is 0. The lowest BCUT2D eigenvalue weighted by molar-refractivity contribution is -0.120. The van der Waals surface area contributed by atoms with Gasteiger partial charge in [-0.05, 0) is 35.0 Å². The summed E-state index contributed by atoms with van der Waals surface area (Å²) in [6.45, 7) is 3.62. The smallest absolute Gasteiger partial charge is 0.239 e. The fraction of sp³-hybridized carbons (Fsp3) is 0.500. The Balaban J connectivity index is 2.30. The minimum Gasteiger partial charge on any atom is -0.488 e. The van der Waals surface area contributed by atoms with E-state index in [0.29, 0.717) is 25.7 Å². The lowest BCUT2D eigenvalue weighted by Crippen LogP contribution is -2.45. The van der Waals surface area contributed by atoms with Gasteiger partial charge in [-0.3, -0.25) is 9.79 Å². The van der Waals surface area contributed by atoms with Gasteiger partial charge in [-0.1, -0.05) is 12.1 Å². The van der Waals surface area contributed by atoms with Crippen LogP contribution in [-0.4, -0.2) is 58.4 Å². The highest BCUT2D eigenvalue weighted by atomic mass is 79.9. The van der Waals surface area contributed by atoms with Gasteiger partial charge in [-0.2, -0.15) is 0 Å². The van der Waals surface area contributed by atoms with Crippen LogP contribution < -0.4 is 20.7 Å². The first-order valence-corrected chi connectivity index (χ1v) is 8.47. The number of nitrogens with one attached hydrogen (secondary N) is 3. The maximum absolute atomic E-state index is 11.6. The number of rotatable bonds is 9. The molecule has 1 atom stereocenters. The molecule has 7 nitrogen and oxygen atoms in total. The molecule has 8 heteroatoms. The summed E-state index contributed by atoms with van der Waals surface area (Å²) in [5, 5.41) is 8.80. The van der Waals surface area contributed by atoms with E-state index in [1.165, 1.54) is 0 Å². The summed E-state index contributed by atoms with van der Waals surface area (Å²) in [5.74, 6) is 1.21. The molecule has 0 fully saturated rings. The molecule has 0 aliphatic rings. The first-order valence-electron chi connectivity index (χ1n) is 7.68. The molecule has 0 saturated carbocycles. The molecule has 1 rings (SSSR count). The lowest BCUT2D eigenvalue weighted by atomic mass is 10.3. The number of hydrogen-bond acceptors (Lipinski definition) is 4. The Labute approximate surface area is 151 Å². The molecule has 0 spiro atoms. The van der Waals surface area contributed by atoms with Crippen LogP contribution in [0.1, 0.15) is 6.92 Å². The molecule has 0 aromatic heterocycles. The van der Waals surface area contributed by atoms with E-state index >= 15 is 0 Å². The van der Waals surface area contributed by atoms with Gasteiger partial charge in [0.1, 0.15) is 11.9 Å². The highest BCUT2D eigenvalue weighted by Crippen LogP contribution is 2.24. The minimum atomic E-state index is -0.118. The molecule has 1 amide bonds. The third kappa shape index (κ3) is 8.16. The summed E-state index contributed by atoms with van der Waals surface area (Å²) in [6, 6.07) is 7.68. The molecule has 1 aromatic carbocycles. The van der Waals surface area contributed by atoms with Crippen molar-refractivity contribution >= 4 is 27.8 Å². The number of guanidine groups is 1. The number of carbonyl (C=O) groups is 1. The third-order valence-corrected chi connectivity index (χ3v) is 3.65. The predicted octanol–water partition coefficient (Wildman–Crippen LogP) is 1.14. The zero-order valence-electron chi connectivity index (χ0n) is 14.3. The zero-order valence-corrected chi connectivity index (χ0v) is 15.9. The molecule has 0 aliphatic carbocycles. The Morgan fingerprint density at radius 3 is 2.71 bits per heavy atom. The topological polar surface area (TPSA) is 84.0 Å². The standard InChI is InChI=1S/C16H25BrN4O3/c1-12(24-14-7-5-4-6-13(14)17)10-20-16(18-2)21-11-15(22)19-8-9-23-3/h4-7,12H,8-11H2,1-3H3,(H,19,22)(H2,18,20,21). The average Bonchev–Trinajstić information content (AvgIpc) is 2.57. The van der Waals surface area contributed by atoms with Gasteiger partial charge < -0.3 is 25.4 Å². The van der Waals surface area contributed by atoms with E-state index in [2.05, 4.69) is 36.9 Å². The minimum absolute atomic E-state index is 0.0715. The Kier molecular flexibility index (Phi) is 9.86. The Bertz CT molecular complexity index is 540. The quantitative estimate of drug-likeness (QED) is 0.329. The van der Waals surface area contributed by atoms with E-state index in [0.717, 1.165) is 10.2 Å². The molecule has 0 bridgehead atoms. The van der Waals surface area contributed by atoms with Gasteiger partial charge in [0, 0.05) is 20.7 Å². The summed E-state index contributed by atoms with van der Waals surface area (Å²) in [4.78, 5) is 15.7. The van der Waals surface area contributed by atoms with Crippen molar-refractivity contribution < 1.29 is 14.3 Å². The van der Waals surface area contributed by atoms with Crippen molar-refractivity contribution in [2.45, 2.75) is 13.0 Å². The van der Waals surface area contributed by atoms with Crippen LogP contribution in [0.3, 0.4) is 0 Å². The van der Waals surface area contributed by atoms with E-state index in [1.807, 2.05) is 31.2 Å². The number of amides is 1. The Morgan fingerprint density at radius 2 is 2.04 bits per heavy atom. The average molecular weight is 401 g/mol. The van der Waals surface area contributed by atoms with Crippen molar-refractivity contribution in [3.8, 4) is 5.75 Å². The van der Waals surface area contributed by atoms with Crippen molar-refractivity contribution in [3.63, 3.8) is 0 Å². The second-order valence-electron chi connectivity index (χ2n) is 5.01. The molecule has 1 unspecified atom stereocenters. The number of nitrogens with zero attached hydrogens (tertiary/aromatic N) is 1. The normalized spacial score (nSPS) is 12.4. The number of para-hydroxylation sites is 1. The van der Waals surface area contributed by atoms with Crippen LogP contribution >= 0.6 is 15.9 Å². The van der Waals surface area contributed by atoms with Gasteiger partial charge in [0.2, 0.25) is 5.91 Å². The lowest BCUT2D eigenvalue weighted by Gasteiger charge is -2.18. The van der Waals surface area contributed by atoms with Gasteiger partial charge in [-0.25, -0.2) is 0 Å². The van der Waals surface area contributed by atoms with Crippen LogP contribution in [0.25, 0.3) is 0 Å². The van der Waals surface area contributed by atoms with E-state index < -0.39 is 0 Å². The van der Waals surface area contributed by atoms with Gasteiger partial charge >= 0.3 is 0 Å². The van der Waals surface area contributed by atoms with Crippen LogP contribution in [0, 0.1) is 0 Å². The van der Waals surface area contributed by atoms with Gasteiger partial charge in [0.15, 0.2) is 5.96 Å². The Morgan fingerprint density at radius 1 is 1.29 bits per heavy atom. The number of ether oxygens (including phenoxy) is 2. The molecular formula is C16H25BrN4O3. The van der Waals surface area contributed by atoms with Crippen molar-refractivity contribution in [2.75, 3.05) is 40.4 Å². The van der Waals surface area contributed by atoms with Crippen LogP contribution in [0.4, 0.5) is 0 Å². The third-order valence-electron chi connectivity index (χ3n) is 2.99. The summed E-state index contributed by atoms with van der Waals surface area (Å²) in [6.07, 6.45) is -0.0715. The first-order chi connectivity index (χ1) is 11.6. The largest absolute Gasteiger partial charge is 0.488 e. The Hall–Kier alpha value is -1.80. The predicted molar refractivity (Wildman–Crippen MR) is 98.5 cm³/mol. The van der Waals surface area contributed by atoms with Gasteiger partial charge in [-0.15, -0.1) is 0 Å². The SMILES string of the molecule is CN=C(NCC(=O)NCCOC)NCC(C)Oc1ccccc1Br. The fourth-order valence-electron chi connectivity index (χ4n) is 1.78. The molecule has 24 heavy (non-hydrogen) atoms. The second-order valence-corrected chi connectivity index (χ2v) is 5.86. The van der Waals surface area contributed by atoms with E-state index in [4.69, 9.17) is 9.47 Å². The molecule has 0 saturated heterocycles. The summed E-state index contributed by atoms with van der Waals surface area (Å²) in [7, 11) is 3.24. The summed E-state index contributed by atoms with van der Waals surface area (Å²) < 4.78 is 11.6. The fourth-order valence-corrected chi connectivity index (χ4v) is 2.16. The molecule has 0 aliphatic heterocycles. The second kappa shape index (κ2) is 11.7. The number of methoxy groups -OCH3 is 1. The maximum atomic E-state index is 11.6. The summed E-state index contributed by atoms with van der Waals surface area (Å²) >= 11 is 3.45. The monoisotopic (exact) mass is 400 g/mol. The number of carbonyl (C=O) groups excluding carboxylic acids is 1. The number of hydrogen-bond donors (Lipinski definition) is 3. The van der Waals surface area contributed by atoms with E-state index in [9.17, 15) is 4.79 Å². The molecule has 0 radical (unpaired) electrons. The highest BCUT2D eigenvalue weighted by Gasteiger charge is 2.08. The molecular weight excluding hydrogens is 376 g/mol. The van der Waals surface area contributed by atoms with Crippen LogP contribution in [0.2, 0.25) is 0 Å². The molecule has 1 aromatic rings.